The predicted molar refractivity (Wildman–Crippen MR) is 137 cm³/mol. The Hall–Kier alpha value is -3.45. The number of hydrogen-bond donors (Lipinski definition) is 5. The van der Waals surface area contributed by atoms with Crippen LogP contribution < -0.4 is 26.4 Å². The van der Waals surface area contributed by atoms with Crippen LogP contribution in [-0.2, 0) is 11.2 Å². The third-order valence-electron chi connectivity index (χ3n) is 5.01. The summed E-state index contributed by atoms with van der Waals surface area (Å²) in [4.78, 5) is 46.2. The number of nitrogens with one attached hydrogen (secondary N) is 4. The largest absolute Gasteiger partial charge is 0.478 e. The Morgan fingerprint density at radius 1 is 1.19 bits per heavy atom. The lowest BCUT2D eigenvalue weighted by Gasteiger charge is -2.13. The van der Waals surface area contributed by atoms with Gasteiger partial charge in [0.05, 0.1) is 9.90 Å². The van der Waals surface area contributed by atoms with E-state index in [0.29, 0.717) is 10.4 Å². The van der Waals surface area contributed by atoms with Crippen LogP contribution in [0.25, 0.3) is 0 Å². The highest BCUT2D eigenvalue weighted by molar-refractivity contribution is 7.12. The molecular weight excluding hydrogens is 553 g/mol. The molecule has 2 amide bonds. The number of hydrogen-bond acceptors (Lipinski definition) is 10. The summed E-state index contributed by atoms with van der Waals surface area (Å²) in [6, 6.07) is 4.94. The van der Waals surface area contributed by atoms with Gasteiger partial charge < -0.3 is 15.8 Å². The number of aromatic nitrogens is 2. The standard InChI is InChI=1S/C21H16Cl3N7O4S/c1-27-18-16(24)28-13(17(25)29-18)20(34)31-21(26)30-19(33)9-6-7-5-8(11(22)12(23)15(7)35-9)14(32)10-3-2-4-36-10/h2-5,9H,6H2,1H3,(H3,25,27,29)(H3,26,30,31,33,34). The molecule has 0 spiro atoms. The number of benzene rings is 1. The van der Waals surface area contributed by atoms with Crippen molar-refractivity contribution in [2.45, 2.75) is 12.5 Å². The average Bonchev–Trinajstić information content (AvgIpc) is 3.52. The molecule has 15 heteroatoms. The van der Waals surface area contributed by atoms with Crippen molar-refractivity contribution in [3.8, 4) is 5.75 Å². The molecule has 1 aliphatic heterocycles. The van der Waals surface area contributed by atoms with Crippen molar-refractivity contribution < 1.29 is 19.1 Å². The van der Waals surface area contributed by atoms with E-state index in [2.05, 4.69) is 25.9 Å². The van der Waals surface area contributed by atoms with Gasteiger partial charge in [-0.15, -0.1) is 11.3 Å². The van der Waals surface area contributed by atoms with Gasteiger partial charge >= 0.3 is 0 Å². The van der Waals surface area contributed by atoms with E-state index in [1.165, 1.54) is 17.4 Å². The Morgan fingerprint density at radius 2 is 1.94 bits per heavy atom. The zero-order valence-electron chi connectivity index (χ0n) is 18.2. The van der Waals surface area contributed by atoms with Crippen LogP contribution in [0.2, 0.25) is 15.2 Å². The van der Waals surface area contributed by atoms with E-state index in [1.54, 1.807) is 24.6 Å². The van der Waals surface area contributed by atoms with Crippen LogP contribution in [0.3, 0.4) is 0 Å². The van der Waals surface area contributed by atoms with Gasteiger partial charge in [0.25, 0.3) is 11.8 Å². The number of rotatable bonds is 5. The van der Waals surface area contributed by atoms with Crippen LogP contribution in [0, 0.1) is 5.41 Å². The van der Waals surface area contributed by atoms with Gasteiger partial charge in [-0.1, -0.05) is 40.9 Å². The normalized spacial score (nSPS) is 13.9. The van der Waals surface area contributed by atoms with E-state index in [1.807, 2.05) is 0 Å². The number of ketones is 1. The molecule has 1 aliphatic rings. The fraction of sp³-hybridized carbons (Fsp3) is 0.143. The number of ether oxygens (including phenoxy) is 1. The molecule has 0 radical (unpaired) electrons. The number of fused-ring (bicyclic) bond motifs is 1. The summed E-state index contributed by atoms with van der Waals surface area (Å²) in [6.45, 7) is 0. The Kier molecular flexibility index (Phi) is 7.31. The number of amides is 2. The number of guanidine groups is 1. The lowest BCUT2D eigenvalue weighted by molar-refractivity contribution is -0.125. The van der Waals surface area contributed by atoms with Crippen molar-refractivity contribution in [2.24, 2.45) is 0 Å². The first kappa shape index (κ1) is 25.6. The first-order chi connectivity index (χ1) is 17.1. The van der Waals surface area contributed by atoms with Crippen LogP contribution in [0.5, 0.6) is 5.75 Å². The van der Waals surface area contributed by atoms with Crippen molar-refractivity contribution in [3.63, 3.8) is 0 Å². The molecule has 3 heterocycles. The van der Waals surface area contributed by atoms with Gasteiger partial charge in [-0.2, -0.15) is 0 Å². The molecule has 36 heavy (non-hydrogen) atoms. The first-order valence-electron chi connectivity index (χ1n) is 10.1. The molecule has 0 saturated carbocycles. The van der Waals surface area contributed by atoms with Gasteiger partial charge in [0, 0.05) is 24.6 Å². The fourth-order valence-corrected chi connectivity index (χ4v) is 4.73. The zero-order valence-corrected chi connectivity index (χ0v) is 21.3. The van der Waals surface area contributed by atoms with E-state index < -0.39 is 23.9 Å². The second kappa shape index (κ2) is 10.3. The topological polar surface area (TPSA) is 172 Å². The summed E-state index contributed by atoms with van der Waals surface area (Å²) in [5, 5.41) is 16.6. The van der Waals surface area contributed by atoms with Gasteiger partial charge in [0.2, 0.25) is 11.7 Å². The van der Waals surface area contributed by atoms with Crippen molar-refractivity contribution in [1.29, 1.82) is 5.41 Å². The van der Waals surface area contributed by atoms with E-state index in [-0.39, 0.29) is 56.0 Å². The molecule has 0 aliphatic carbocycles. The number of anilines is 2. The highest BCUT2D eigenvalue weighted by atomic mass is 35.5. The molecule has 3 aromatic rings. The third kappa shape index (κ3) is 4.93. The predicted octanol–water partition coefficient (Wildman–Crippen LogP) is 3.14. The highest BCUT2D eigenvalue weighted by Gasteiger charge is 2.34. The summed E-state index contributed by atoms with van der Waals surface area (Å²) < 4.78 is 5.64. The summed E-state index contributed by atoms with van der Waals surface area (Å²) in [6.07, 6.45) is -1.03. The van der Waals surface area contributed by atoms with E-state index >= 15 is 0 Å². The molecule has 11 nitrogen and oxygen atoms in total. The number of nitrogens with two attached hydrogens (primary N) is 1. The first-order valence-corrected chi connectivity index (χ1v) is 12.1. The maximum atomic E-state index is 12.8. The number of thiophene rings is 1. The second-order valence-electron chi connectivity index (χ2n) is 7.32. The molecule has 1 atom stereocenters. The average molecular weight is 569 g/mol. The molecule has 0 bridgehead atoms. The highest BCUT2D eigenvalue weighted by Crippen LogP contribution is 2.43. The number of halogens is 3. The zero-order chi connectivity index (χ0) is 26.1. The number of carbonyl (C=O) groups excluding carboxylic acids is 3. The molecule has 186 valence electrons. The van der Waals surface area contributed by atoms with Crippen LogP contribution >= 0.6 is 46.1 Å². The van der Waals surface area contributed by atoms with Gasteiger partial charge in [-0.3, -0.25) is 30.4 Å². The van der Waals surface area contributed by atoms with Crippen molar-refractivity contribution in [3.05, 3.63) is 60.5 Å². The summed E-state index contributed by atoms with van der Waals surface area (Å²) in [5.41, 5.74) is 6.09. The maximum absolute atomic E-state index is 12.8. The molecule has 0 fully saturated rings. The maximum Gasteiger partial charge on any atom is 0.280 e. The molecule has 6 N–H and O–H groups in total. The molecule has 1 unspecified atom stereocenters. The van der Waals surface area contributed by atoms with E-state index in [9.17, 15) is 14.4 Å². The molecule has 0 saturated heterocycles. The van der Waals surface area contributed by atoms with Crippen molar-refractivity contribution in [2.75, 3.05) is 18.1 Å². The molecule has 1 aromatic carbocycles. The van der Waals surface area contributed by atoms with Crippen LogP contribution in [-0.4, -0.2) is 46.7 Å². The SMILES string of the molecule is CNc1nc(N)c(C(=O)NC(=N)NC(=O)C2Cc3cc(C(=O)c4cccs4)c(Cl)c(Cl)c3O2)nc1Cl. The van der Waals surface area contributed by atoms with Gasteiger partial charge in [0.15, 0.2) is 28.6 Å². The molecule has 4 rings (SSSR count). The number of nitrogen functional groups attached to an aromatic ring is 1. The Balaban J connectivity index is 1.44. The van der Waals surface area contributed by atoms with Crippen molar-refractivity contribution >= 4 is 81.3 Å². The van der Waals surface area contributed by atoms with Gasteiger partial charge in [-0.05, 0) is 17.5 Å². The quantitative estimate of drug-likeness (QED) is 0.177. The Bertz CT molecular complexity index is 1420. The molecule has 2 aromatic heterocycles. The minimum absolute atomic E-state index is 0.00342. The smallest absolute Gasteiger partial charge is 0.280 e. The third-order valence-corrected chi connectivity index (χ3v) is 6.99. The monoisotopic (exact) mass is 567 g/mol. The van der Waals surface area contributed by atoms with Gasteiger partial charge in [0.1, 0.15) is 10.8 Å². The van der Waals surface area contributed by atoms with E-state index in [0.717, 1.165) is 0 Å². The molecular formula is C21H16Cl3N7O4S. The summed E-state index contributed by atoms with van der Waals surface area (Å²) >= 11 is 19.8. The lowest BCUT2D eigenvalue weighted by Crippen LogP contribution is -2.48. The number of nitrogens with zero attached hydrogens (tertiary/aromatic N) is 2. The van der Waals surface area contributed by atoms with Crippen LogP contribution in [0.1, 0.15) is 31.3 Å². The summed E-state index contributed by atoms with van der Waals surface area (Å²) in [7, 11) is 1.55. The summed E-state index contributed by atoms with van der Waals surface area (Å²) in [5.74, 6) is -2.49. The lowest BCUT2D eigenvalue weighted by atomic mass is 10.0. The number of carbonyl (C=O) groups is 3. The minimum Gasteiger partial charge on any atom is -0.478 e. The minimum atomic E-state index is -1.09. The van der Waals surface area contributed by atoms with E-state index in [4.69, 9.17) is 50.7 Å². The van der Waals surface area contributed by atoms with Crippen LogP contribution in [0.4, 0.5) is 11.6 Å². The fourth-order valence-electron chi connectivity index (χ4n) is 3.34. The van der Waals surface area contributed by atoms with Crippen LogP contribution in [0.15, 0.2) is 23.6 Å². The second-order valence-corrected chi connectivity index (χ2v) is 9.38. The Morgan fingerprint density at radius 3 is 2.61 bits per heavy atom. The van der Waals surface area contributed by atoms with Gasteiger partial charge in [-0.25, -0.2) is 9.97 Å². The Labute approximate surface area is 222 Å². The van der Waals surface area contributed by atoms with Crippen molar-refractivity contribution in [1.82, 2.24) is 20.6 Å².